The fourth-order valence-corrected chi connectivity index (χ4v) is 4.62. The van der Waals surface area contributed by atoms with Gasteiger partial charge in [-0.2, -0.15) is 11.1 Å². The van der Waals surface area contributed by atoms with Crippen LogP contribution in [0, 0.1) is 0 Å². The topological polar surface area (TPSA) is 20.2 Å². The van der Waals surface area contributed by atoms with E-state index in [9.17, 15) is 0 Å². The van der Waals surface area contributed by atoms with Crippen LogP contribution in [-0.4, -0.2) is 19.1 Å². The minimum atomic E-state index is -1.30. The number of hydrogen-bond acceptors (Lipinski definition) is 1. The van der Waals surface area contributed by atoms with Gasteiger partial charge in [0.15, 0.2) is 0 Å². The van der Waals surface area contributed by atoms with Gasteiger partial charge in [0.2, 0.25) is 0 Å². The fourth-order valence-electron chi connectivity index (χ4n) is 3.13. The highest BCUT2D eigenvalue weighted by Crippen LogP contribution is 2.19. The van der Waals surface area contributed by atoms with Crippen LogP contribution in [0.15, 0.2) is 0 Å². The van der Waals surface area contributed by atoms with Crippen LogP contribution in [0.1, 0.15) is 103 Å². The molecule has 3 heteroatoms. The molecule has 23 heavy (non-hydrogen) atoms. The maximum Gasteiger partial charge on any atom is 0.150 e. The van der Waals surface area contributed by atoms with Gasteiger partial charge in [0.05, 0.1) is 0 Å². The Morgan fingerprint density at radius 3 is 1.04 bits per heavy atom. The zero-order valence-electron chi connectivity index (χ0n) is 16.1. The lowest BCUT2D eigenvalue weighted by molar-refractivity contribution is 0.282. The van der Waals surface area contributed by atoms with E-state index in [0.29, 0.717) is 6.61 Å². The van der Waals surface area contributed by atoms with Gasteiger partial charge in [-0.3, -0.25) is 0 Å². The molecule has 0 aliphatic heterocycles. The summed E-state index contributed by atoms with van der Waals surface area (Å²) in [6, 6.07) is 1.29. The quantitative estimate of drug-likeness (QED) is 0.151. The average molecular weight is 363 g/mol. The van der Waals surface area contributed by atoms with E-state index >= 15 is 0 Å². The summed E-state index contributed by atoms with van der Waals surface area (Å²) in [6.45, 7) is 4.88. The van der Waals surface area contributed by atoms with Crippen LogP contribution in [0.2, 0.25) is 19.1 Å². The second-order valence-electron chi connectivity index (χ2n) is 7.85. The Bertz CT molecular complexity index is 228. The smallest absolute Gasteiger partial charge is 0.150 e. The molecular weight excluding hydrogens is 320 g/mol. The van der Waals surface area contributed by atoms with Gasteiger partial charge in [-0.05, 0) is 12.5 Å². The molecule has 0 bridgehead atoms. The van der Waals surface area contributed by atoms with Crippen molar-refractivity contribution in [2.75, 3.05) is 6.61 Å². The standard InChI is InChI=1S/C20H43ClOSi/c1-23(2,21)20-18-16-14-12-10-8-6-4-3-5-7-9-11-13-15-17-19-22/h22H,3-20H2,1-2H3. The van der Waals surface area contributed by atoms with Gasteiger partial charge < -0.3 is 5.11 Å². The molecule has 0 rings (SSSR count). The number of aliphatic hydroxyl groups excluding tert-OH is 1. The molecule has 0 amide bonds. The Morgan fingerprint density at radius 2 is 0.783 bits per heavy atom. The number of aliphatic hydroxyl groups is 1. The molecule has 0 saturated heterocycles. The van der Waals surface area contributed by atoms with E-state index in [4.69, 9.17) is 16.2 Å². The number of halogens is 1. The van der Waals surface area contributed by atoms with E-state index < -0.39 is 7.38 Å². The Morgan fingerprint density at radius 1 is 0.522 bits per heavy atom. The predicted octanol–water partition coefficient (Wildman–Crippen LogP) is 7.66. The first kappa shape index (κ1) is 23.5. The highest BCUT2D eigenvalue weighted by Gasteiger charge is 2.15. The highest BCUT2D eigenvalue weighted by atomic mass is 35.6. The molecule has 0 saturated carbocycles. The molecule has 0 spiro atoms. The van der Waals surface area contributed by atoms with Gasteiger partial charge in [0.25, 0.3) is 0 Å². The van der Waals surface area contributed by atoms with Crippen LogP contribution in [0.5, 0.6) is 0 Å². The third kappa shape index (κ3) is 22.5. The van der Waals surface area contributed by atoms with Crippen molar-refractivity contribution in [3.05, 3.63) is 0 Å². The average Bonchev–Trinajstić information content (AvgIpc) is 2.49. The number of unbranched alkanes of at least 4 members (excludes halogenated alkanes) is 15. The second-order valence-corrected chi connectivity index (χ2v) is 14.9. The van der Waals surface area contributed by atoms with E-state index in [1.165, 1.54) is 102 Å². The van der Waals surface area contributed by atoms with E-state index in [2.05, 4.69) is 13.1 Å². The van der Waals surface area contributed by atoms with Crippen molar-refractivity contribution in [3.63, 3.8) is 0 Å². The fraction of sp³-hybridized carbons (Fsp3) is 1.00. The van der Waals surface area contributed by atoms with Crippen molar-refractivity contribution >= 4 is 18.5 Å². The molecule has 0 aromatic heterocycles. The zero-order chi connectivity index (χ0) is 17.2. The van der Waals surface area contributed by atoms with Crippen LogP contribution in [0.3, 0.4) is 0 Å². The first-order chi connectivity index (χ1) is 11.1. The zero-order valence-corrected chi connectivity index (χ0v) is 17.8. The molecule has 0 radical (unpaired) electrons. The van der Waals surface area contributed by atoms with Crippen molar-refractivity contribution < 1.29 is 5.11 Å². The summed E-state index contributed by atoms with van der Waals surface area (Å²) in [5.41, 5.74) is 0. The van der Waals surface area contributed by atoms with Gasteiger partial charge in [-0.25, -0.2) is 0 Å². The predicted molar refractivity (Wildman–Crippen MR) is 109 cm³/mol. The Kier molecular flexibility index (Phi) is 17.6. The first-order valence-corrected chi connectivity index (χ1v) is 14.6. The molecule has 0 aromatic carbocycles. The molecule has 0 aliphatic carbocycles. The molecule has 0 atom stereocenters. The summed E-state index contributed by atoms with van der Waals surface area (Å²) in [6.07, 6.45) is 21.9. The van der Waals surface area contributed by atoms with Gasteiger partial charge in [-0.1, -0.05) is 109 Å². The molecule has 0 aliphatic rings. The summed E-state index contributed by atoms with van der Waals surface area (Å²) in [7, 11) is -1.30. The van der Waals surface area contributed by atoms with Gasteiger partial charge in [-0.15, -0.1) is 0 Å². The minimum Gasteiger partial charge on any atom is -0.396 e. The van der Waals surface area contributed by atoms with Crippen LogP contribution in [0.4, 0.5) is 0 Å². The summed E-state index contributed by atoms with van der Waals surface area (Å²) in [4.78, 5) is 0. The SMILES string of the molecule is C[Si](C)(Cl)CCCCCCCCCCCCCCCCCCO. The molecule has 140 valence electrons. The first-order valence-electron chi connectivity index (χ1n) is 10.4. The van der Waals surface area contributed by atoms with Crippen molar-refractivity contribution in [2.45, 2.75) is 122 Å². The van der Waals surface area contributed by atoms with Crippen LogP contribution < -0.4 is 0 Å². The van der Waals surface area contributed by atoms with Gasteiger partial charge in [0.1, 0.15) is 7.38 Å². The van der Waals surface area contributed by atoms with Crippen molar-refractivity contribution in [3.8, 4) is 0 Å². The van der Waals surface area contributed by atoms with Crippen LogP contribution in [-0.2, 0) is 0 Å². The molecule has 0 unspecified atom stereocenters. The Balaban J connectivity index is 3.00. The van der Waals surface area contributed by atoms with E-state index in [0.717, 1.165) is 6.42 Å². The maximum atomic E-state index is 8.71. The van der Waals surface area contributed by atoms with E-state index in [1.54, 1.807) is 0 Å². The van der Waals surface area contributed by atoms with Crippen LogP contribution >= 0.6 is 11.1 Å². The summed E-state index contributed by atoms with van der Waals surface area (Å²) in [5, 5.41) is 8.71. The second kappa shape index (κ2) is 17.3. The lowest BCUT2D eigenvalue weighted by atomic mass is 10.0. The summed E-state index contributed by atoms with van der Waals surface area (Å²) < 4.78 is 0. The van der Waals surface area contributed by atoms with Crippen molar-refractivity contribution in [1.29, 1.82) is 0 Å². The third-order valence-electron chi connectivity index (χ3n) is 4.68. The van der Waals surface area contributed by atoms with E-state index in [1.807, 2.05) is 0 Å². The lowest BCUT2D eigenvalue weighted by Gasteiger charge is -2.11. The molecule has 1 nitrogen and oxygen atoms in total. The molecule has 0 fully saturated rings. The molecule has 0 heterocycles. The lowest BCUT2D eigenvalue weighted by Crippen LogP contribution is -2.14. The maximum absolute atomic E-state index is 8.71. The van der Waals surface area contributed by atoms with Crippen molar-refractivity contribution in [1.82, 2.24) is 0 Å². The van der Waals surface area contributed by atoms with Gasteiger partial charge >= 0.3 is 0 Å². The summed E-state index contributed by atoms with van der Waals surface area (Å²) in [5.74, 6) is 0. The number of rotatable bonds is 18. The normalized spacial score (nSPS) is 12.0. The third-order valence-corrected chi connectivity index (χ3v) is 6.79. The minimum absolute atomic E-state index is 0.368. The summed E-state index contributed by atoms with van der Waals surface area (Å²) >= 11 is 6.33. The largest absolute Gasteiger partial charge is 0.396 e. The number of hydrogen-bond donors (Lipinski definition) is 1. The molecule has 1 N–H and O–H groups in total. The Labute approximate surface area is 152 Å². The molecule has 0 aromatic rings. The highest BCUT2D eigenvalue weighted by molar-refractivity contribution is 7.19. The van der Waals surface area contributed by atoms with E-state index in [-0.39, 0.29) is 0 Å². The molecular formula is C20H43ClOSi. The van der Waals surface area contributed by atoms with Gasteiger partial charge in [0, 0.05) is 6.61 Å². The Hall–Kier alpha value is 0.467. The monoisotopic (exact) mass is 362 g/mol. The van der Waals surface area contributed by atoms with Crippen LogP contribution in [0.25, 0.3) is 0 Å². The van der Waals surface area contributed by atoms with Crippen molar-refractivity contribution in [2.24, 2.45) is 0 Å².